The Hall–Kier alpha value is -0.440. The van der Waals surface area contributed by atoms with Crippen LogP contribution in [0.4, 0.5) is 4.79 Å². The third-order valence-electron chi connectivity index (χ3n) is 2.68. The lowest BCUT2D eigenvalue weighted by Gasteiger charge is -2.38. The number of amides is 1. The van der Waals surface area contributed by atoms with E-state index in [-0.39, 0.29) is 6.09 Å². The second-order valence-corrected chi connectivity index (χ2v) is 5.68. The van der Waals surface area contributed by atoms with Gasteiger partial charge in [0.15, 0.2) is 0 Å². The number of ether oxygens (including phenoxy) is 1. The number of nitrogens with zero attached hydrogens (tertiary/aromatic N) is 1. The predicted molar refractivity (Wildman–Crippen MR) is 65.9 cm³/mol. The van der Waals surface area contributed by atoms with Gasteiger partial charge in [-0.05, 0) is 46.5 Å². The third kappa shape index (κ3) is 4.20. The van der Waals surface area contributed by atoms with Gasteiger partial charge in [0, 0.05) is 18.5 Å². The number of hydrogen-bond acceptors (Lipinski definition) is 2. The van der Waals surface area contributed by atoms with Crippen LogP contribution in [0, 0.1) is 0 Å². The van der Waals surface area contributed by atoms with E-state index < -0.39 is 5.60 Å². The average Bonchev–Trinajstić information content (AvgIpc) is 2.05. The van der Waals surface area contributed by atoms with Crippen LogP contribution in [0.2, 0.25) is 0 Å². The van der Waals surface area contributed by atoms with E-state index in [0.717, 1.165) is 19.3 Å². The van der Waals surface area contributed by atoms with Gasteiger partial charge in [-0.3, -0.25) is 0 Å². The van der Waals surface area contributed by atoms with Crippen LogP contribution in [0.1, 0.15) is 46.5 Å². The van der Waals surface area contributed by atoms with Crippen molar-refractivity contribution < 1.29 is 9.53 Å². The van der Waals surface area contributed by atoms with Crippen molar-refractivity contribution in [1.29, 1.82) is 0 Å². The van der Waals surface area contributed by atoms with E-state index in [4.69, 9.17) is 16.3 Å². The van der Waals surface area contributed by atoms with E-state index in [1.807, 2.05) is 25.7 Å². The summed E-state index contributed by atoms with van der Waals surface area (Å²) in [5.41, 5.74) is -0.417. The van der Waals surface area contributed by atoms with E-state index in [1.54, 1.807) is 0 Å². The van der Waals surface area contributed by atoms with Gasteiger partial charge in [-0.2, -0.15) is 0 Å². The van der Waals surface area contributed by atoms with Gasteiger partial charge in [-0.1, -0.05) is 0 Å². The van der Waals surface area contributed by atoms with E-state index in [2.05, 4.69) is 0 Å². The van der Waals surface area contributed by atoms with Crippen molar-refractivity contribution in [2.75, 3.05) is 12.4 Å². The molecule has 0 aromatic rings. The summed E-state index contributed by atoms with van der Waals surface area (Å²) in [5, 5.41) is 0. The molecular weight excluding hydrogens is 226 g/mol. The first kappa shape index (κ1) is 13.6. The van der Waals surface area contributed by atoms with Crippen LogP contribution in [0.15, 0.2) is 0 Å². The molecule has 0 bridgehead atoms. The number of halogens is 1. The minimum absolute atomic E-state index is 0.192. The van der Waals surface area contributed by atoms with Gasteiger partial charge in [0.2, 0.25) is 0 Å². The zero-order valence-corrected chi connectivity index (χ0v) is 11.2. The first-order chi connectivity index (χ1) is 7.44. The lowest BCUT2D eigenvalue weighted by molar-refractivity contribution is 0.00720. The van der Waals surface area contributed by atoms with Gasteiger partial charge < -0.3 is 9.64 Å². The van der Waals surface area contributed by atoms with Crippen LogP contribution < -0.4 is 0 Å². The van der Waals surface area contributed by atoms with Crippen molar-refractivity contribution in [2.24, 2.45) is 0 Å². The smallest absolute Gasteiger partial charge is 0.410 e. The van der Waals surface area contributed by atoms with Crippen molar-refractivity contribution in [2.45, 2.75) is 58.1 Å². The molecule has 0 aromatic heterocycles. The quantitative estimate of drug-likeness (QED) is 0.713. The molecule has 0 unspecified atom stereocenters. The van der Waals surface area contributed by atoms with E-state index in [0.29, 0.717) is 18.5 Å². The summed E-state index contributed by atoms with van der Waals surface area (Å²) < 4.78 is 5.40. The van der Waals surface area contributed by atoms with Gasteiger partial charge >= 0.3 is 6.09 Å². The highest BCUT2D eigenvalue weighted by Gasteiger charge is 2.31. The Morgan fingerprint density at radius 1 is 1.44 bits per heavy atom. The van der Waals surface area contributed by atoms with E-state index in [9.17, 15) is 4.79 Å². The Morgan fingerprint density at radius 3 is 2.44 bits per heavy atom. The molecule has 1 saturated carbocycles. The Labute approximate surface area is 103 Å². The second kappa shape index (κ2) is 5.76. The molecule has 0 radical (unpaired) electrons. The molecule has 0 spiro atoms. The van der Waals surface area contributed by atoms with Gasteiger partial charge in [-0.25, -0.2) is 4.79 Å². The molecular formula is C12H22ClNO2. The molecule has 3 nitrogen and oxygen atoms in total. The zero-order valence-electron chi connectivity index (χ0n) is 10.5. The molecule has 94 valence electrons. The predicted octanol–water partition coefficient (Wildman–Crippen LogP) is 3.40. The third-order valence-corrected chi connectivity index (χ3v) is 2.94. The molecule has 0 heterocycles. The number of hydrogen-bond donors (Lipinski definition) is 0. The standard InChI is InChI=1S/C12H22ClNO2/c1-12(2,3)16-11(15)14(9-5-8-13)10-6-4-7-10/h10H,4-9H2,1-3H3. The van der Waals surface area contributed by atoms with Crippen molar-refractivity contribution >= 4 is 17.7 Å². The first-order valence-electron chi connectivity index (χ1n) is 5.99. The summed E-state index contributed by atoms with van der Waals surface area (Å²) in [4.78, 5) is 13.8. The molecule has 1 aliphatic rings. The maximum absolute atomic E-state index is 12.0. The van der Waals surface area contributed by atoms with Crippen molar-refractivity contribution in [3.8, 4) is 0 Å². The topological polar surface area (TPSA) is 29.5 Å². The minimum Gasteiger partial charge on any atom is -0.444 e. The first-order valence-corrected chi connectivity index (χ1v) is 6.53. The second-order valence-electron chi connectivity index (χ2n) is 5.30. The maximum atomic E-state index is 12.0. The lowest BCUT2D eigenvalue weighted by Crippen LogP contribution is -2.47. The molecule has 1 amide bonds. The van der Waals surface area contributed by atoms with Crippen molar-refractivity contribution in [3.63, 3.8) is 0 Å². The van der Waals surface area contributed by atoms with Crippen LogP contribution in [0.25, 0.3) is 0 Å². The maximum Gasteiger partial charge on any atom is 0.410 e. The van der Waals surface area contributed by atoms with Crippen LogP contribution in [-0.4, -0.2) is 35.1 Å². The molecule has 0 N–H and O–H groups in total. The monoisotopic (exact) mass is 247 g/mol. The fourth-order valence-electron chi connectivity index (χ4n) is 1.67. The molecule has 1 rings (SSSR count). The highest BCUT2D eigenvalue weighted by Crippen LogP contribution is 2.26. The van der Waals surface area contributed by atoms with E-state index >= 15 is 0 Å². The summed E-state index contributed by atoms with van der Waals surface area (Å²) >= 11 is 5.67. The van der Waals surface area contributed by atoms with Gasteiger partial charge in [0.1, 0.15) is 5.60 Å². The minimum atomic E-state index is -0.417. The highest BCUT2D eigenvalue weighted by atomic mass is 35.5. The summed E-state index contributed by atoms with van der Waals surface area (Å²) in [6, 6.07) is 0.373. The van der Waals surface area contributed by atoms with Gasteiger partial charge in [0.05, 0.1) is 0 Å². The molecule has 0 aromatic carbocycles. The summed E-state index contributed by atoms with van der Waals surface area (Å²) in [5.74, 6) is 0.589. The lowest BCUT2D eigenvalue weighted by atomic mass is 9.91. The highest BCUT2D eigenvalue weighted by molar-refractivity contribution is 6.17. The number of alkyl halides is 1. The van der Waals surface area contributed by atoms with Crippen LogP contribution in [-0.2, 0) is 4.74 Å². The summed E-state index contributed by atoms with van der Waals surface area (Å²) in [6.07, 6.45) is 4.05. The molecule has 16 heavy (non-hydrogen) atoms. The number of rotatable bonds is 4. The normalized spacial score (nSPS) is 16.8. The van der Waals surface area contributed by atoms with Crippen molar-refractivity contribution in [1.82, 2.24) is 4.90 Å². The zero-order chi connectivity index (χ0) is 12.2. The average molecular weight is 248 g/mol. The SMILES string of the molecule is CC(C)(C)OC(=O)N(CCCCl)C1CCC1. The molecule has 0 atom stereocenters. The summed E-state index contributed by atoms with van der Waals surface area (Å²) in [6.45, 7) is 6.39. The molecule has 0 aliphatic heterocycles. The fourth-order valence-corrected chi connectivity index (χ4v) is 1.79. The van der Waals surface area contributed by atoms with Crippen molar-refractivity contribution in [3.05, 3.63) is 0 Å². The largest absolute Gasteiger partial charge is 0.444 e. The summed E-state index contributed by atoms with van der Waals surface area (Å²) in [7, 11) is 0. The Balaban J connectivity index is 2.50. The van der Waals surface area contributed by atoms with E-state index in [1.165, 1.54) is 6.42 Å². The van der Waals surface area contributed by atoms with Crippen LogP contribution in [0.5, 0.6) is 0 Å². The molecule has 1 fully saturated rings. The van der Waals surface area contributed by atoms with Crippen LogP contribution in [0.3, 0.4) is 0 Å². The Kier molecular flexibility index (Phi) is 4.90. The molecule has 4 heteroatoms. The van der Waals surface area contributed by atoms with Gasteiger partial charge in [-0.15, -0.1) is 11.6 Å². The fraction of sp³-hybridized carbons (Fsp3) is 0.917. The Bertz CT molecular complexity index is 234. The number of carbonyl (C=O) groups excluding carboxylic acids is 1. The molecule has 1 aliphatic carbocycles. The van der Waals surface area contributed by atoms with Crippen LogP contribution >= 0.6 is 11.6 Å². The van der Waals surface area contributed by atoms with Gasteiger partial charge in [0.25, 0.3) is 0 Å². The Morgan fingerprint density at radius 2 is 2.06 bits per heavy atom. The molecule has 0 saturated heterocycles. The number of carbonyl (C=O) groups is 1.